The van der Waals surface area contributed by atoms with E-state index in [0.717, 1.165) is 12.5 Å². The van der Waals surface area contributed by atoms with Crippen LogP contribution in [0.1, 0.15) is 32.1 Å². The van der Waals surface area contributed by atoms with Gasteiger partial charge in [0.1, 0.15) is 0 Å². The zero-order valence-corrected chi connectivity index (χ0v) is 12.9. The molecule has 1 aliphatic carbocycles. The number of benzene rings is 1. The number of fused-ring (bicyclic) bond motifs is 1. The number of nitrogens with one attached hydrogen (secondary N) is 1. The summed E-state index contributed by atoms with van der Waals surface area (Å²) in [6.07, 6.45) is 6.46. The molecule has 1 heterocycles. The third kappa shape index (κ3) is 3.33. The molecule has 0 aromatic heterocycles. The summed E-state index contributed by atoms with van der Waals surface area (Å²) in [7, 11) is 0. The van der Waals surface area contributed by atoms with Crippen LogP contribution in [0.2, 0.25) is 5.02 Å². The monoisotopic (exact) mass is 307 g/mol. The molecule has 3 N–H and O–H groups in total. The highest BCUT2D eigenvalue weighted by Crippen LogP contribution is 2.35. The fourth-order valence-electron chi connectivity index (χ4n) is 3.71. The van der Waals surface area contributed by atoms with Crippen LogP contribution < -0.4 is 11.1 Å². The molecule has 2 atom stereocenters. The van der Waals surface area contributed by atoms with E-state index in [-0.39, 0.29) is 5.91 Å². The quantitative estimate of drug-likeness (QED) is 0.844. The molecule has 1 aliphatic heterocycles. The van der Waals surface area contributed by atoms with Gasteiger partial charge in [-0.05, 0) is 49.9 Å². The van der Waals surface area contributed by atoms with E-state index in [1.54, 1.807) is 18.2 Å². The van der Waals surface area contributed by atoms with Gasteiger partial charge in [0.25, 0.3) is 0 Å². The SMILES string of the molecule is Nc1cc(NC(=O)CN2CCC3CCCCC32)ccc1Cl. The molecule has 1 saturated carbocycles. The topological polar surface area (TPSA) is 58.4 Å². The summed E-state index contributed by atoms with van der Waals surface area (Å²) >= 11 is 5.89. The summed E-state index contributed by atoms with van der Waals surface area (Å²) in [4.78, 5) is 14.6. The van der Waals surface area contributed by atoms with Gasteiger partial charge in [-0.2, -0.15) is 0 Å². The van der Waals surface area contributed by atoms with Crippen molar-refractivity contribution >= 4 is 28.9 Å². The molecule has 2 fully saturated rings. The van der Waals surface area contributed by atoms with Crippen molar-refractivity contribution in [3.63, 3.8) is 0 Å². The maximum absolute atomic E-state index is 12.2. The second-order valence-electron chi connectivity index (χ2n) is 6.16. The van der Waals surface area contributed by atoms with Crippen LogP contribution in [0.15, 0.2) is 18.2 Å². The summed E-state index contributed by atoms with van der Waals surface area (Å²) < 4.78 is 0. The number of carbonyl (C=O) groups is 1. The molecule has 1 saturated heterocycles. The Labute approximate surface area is 130 Å². The third-order valence-corrected chi connectivity index (χ3v) is 5.10. The number of anilines is 2. The Bertz CT molecular complexity index is 534. The van der Waals surface area contributed by atoms with E-state index < -0.39 is 0 Å². The Morgan fingerprint density at radius 3 is 2.95 bits per heavy atom. The van der Waals surface area contributed by atoms with Crippen molar-refractivity contribution in [1.29, 1.82) is 0 Å². The number of likely N-dealkylation sites (tertiary alicyclic amines) is 1. The highest BCUT2D eigenvalue weighted by molar-refractivity contribution is 6.33. The van der Waals surface area contributed by atoms with Crippen LogP contribution >= 0.6 is 11.6 Å². The molecule has 2 unspecified atom stereocenters. The van der Waals surface area contributed by atoms with Gasteiger partial charge < -0.3 is 11.1 Å². The molecule has 1 amide bonds. The number of carbonyl (C=O) groups excluding carboxylic acids is 1. The first-order chi connectivity index (χ1) is 10.1. The third-order valence-electron chi connectivity index (χ3n) is 4.75. The van der Waals surface area contributed by atoms with Crippen LogP contribution in [0, 0.1) is 5.92 Å². The van der Waals surface area contributed by atoms with Crippen LogP contribution in [0.25, 0.3) is 0 Å². The molecule has 3 rings (SSSR count). The number of amides is 1. The normalized spacial score (nSPS) is 25.6. The standard InChI is InChI=1S/C16H22ClN3O/c17-13-6-5-12(9-14(13)18)19-16(21)10-20-8-7-11-3-1-2-4-15(11)20/h5-6,9,11,15H,1-4,7-8,10,18H2,(H,19,21). The fraction of sp³-hybridized carbons (Fsp3) is 0.562. The summed E-state index contributed by atoms with van der Waals surface area (Å²) in [6, 6.07) is 5.80. The number of halogens is 1. The van der Waals surface area contributed by atoms with Crippen LogP contribution in [0.5, 0.6) is 0 Å². The Balaban J connectivity index is 1.57. The summed E-state index contributed by atoms with van der Waals surface area (Å²) in [5.74, 6) is 0.834. The lowest BCUT2D eigenvalue weighted by Crippen LogP contribution is -2.39. The lowest BCUT2D eigenvalue weighted by Gasteiger charge is -2.31. The van der Waals surface area contributed by atoms with Crippen molar-refractivity contribution in [2.75, 3.05) is 24.1 Å². The molecule has 114 valence electrons. The fourth-order valence-corrected chi connectivity index (χ4v) is 3.82. The van der Waals surface area contributed by atoms with E-state index in [0.29, 0.717) is 29.0 Å². The van der Waals surface area contributed by atoms with Gasteiger partial charge in [-0.25, -0.2) is 0 Å². The lowest BCUT2D eigenvalue weighted by atomic mass is 9.85. The van der Waals surface area contributed by atoms with E-state index >= 15 is 0 Å². The highest BCUT2D eigenvalue weighted by Gasteiger charge is 2.36. The maximum Gasteiger partial charge on any atom is 0.238 e. The highest BCUT2D eigenvalue weighted by atomic mass is 35.5. The molecule has 4 nitrogen and oxygen atoms in total. The number of hydrogen-bond acceptors (Lipinski definition) is 3. The zero-order valence-electron chi connectivity index (χ0n) is 12.1. The van der Waals surface area contributed by atoms with Gasteiger partial charge >= 0.3 is 0 Å². The molecule has 0 spiro atoms. The zero-order chi connectivity index (χ0) is 14.8. The van der Waals surface area contributed by atoms with E-state index in [9.17, 15) is 4.79 Å². The molecule has 21 heavy (non-hydrogen) atoms. The smallest absolute Gasteiger partial charge is 0.238 e. The van der Waals surface area contributed by atoms with E-state index in [4.69, 9.17) is 17.3 Å². The average Bonchev–Trinajstić information content (AvgIpc) is 2.86. The molecule has 1 aromatic rings. The van der Waals surface area contributed by atoms with Crippen molar-refractivity contribution in [3.8, 4) is 0 Å². The van der Waals surface area contributed by atoms with Crippen molar-refractivity contribution in [3.05, 3.63) is 23.2 Å². The van der Waals surface area contributed by atoms with Gasteiger partial charge in [-0.3, -0.25) is 9.69 Å². The first-order valence-electron chi connectivity index (χ1n) is 7.72. The van der Waals surface area contributed by atoms with Gasteiger partial charge in [-0.15, -0.1) is 0 Å². The molecule has 1 aromatic carbocycles. The Kier molecular flexibility index (Phi) is 4.36. The van der Waals surface area contributed by atoms with Gasteiger partial charge in [0.2, 0.25) is 5.91 Å². The number of rotatable bonds is 3. The second kappa shape index (κ2) is 6.24. The Morgan fingerprint density at radius 1 is 1.33 bits per heavy atom. The molecule has 0 bridgehead atoms. The van der Waals surface area contributed by atoms with Crippen LogP contribution in [0.3, 0.4) is 0 Å². The minimum absolute atomic E-state index is 0.0305. The number of nitrogens with zero attached hydrogens (tertiary/aromatic N) is 1. The van der Waals surface area contributed by atoms with Crippen LogP contribution in [-0.4, -0.2) is 29.9 Å². The number of nitrogen functional groups attached to an aromatic ring is 1. The Morgan fingerprint density at radius 2 is 2.14 bits per heavy atom. The summed E-state index contributed by atoms with van der Waals surface area (Å²) in [5.41, 5.74) is 6.95. The van der Waals surface area contributed by atoms with E-state index in [2.05, 4.69) is 10.2 Å². The van der Waals surface area contributed by atoms with Crippen molar-refractivity contribution < 1.29 is 4.79 Å². The predicted octanol–water partition coefficient (Wildman–Crippen LogP) is 3.13. The summed E-state index contributed by atoms with van der Waals surface area (Å²) in [6.45, 7) is 1.52. The molecular formula is C16H22ClN3O. The summed E-state index contributed by atoms with van der Waals surface area (Å²) in [5, 5.41) is 3.42. The minimum atomic E-state index is 0.0305. The van der Waals surface area contributed by atoms with Gasteiger partial charge in [0.05, 0.1) is 17.3 Å². The van der Waals surface area contributed by atoms with Crippen molar-refractivity contribution in [2.45, 2.75) is 38.1 Å². The van der Waals surface area contributed by atoms with Gasteiger partial charge in [-0.1, -0.05) is 24.4 Å². The Hall–Kier alpha value is -1.26. The van der Waals surface area contributed by atoms with Crippen LogP contribution in [0.4, 0.5) is 11.4 Å². The predicted molar refractivity (Wildman–Crippen MR) is 86.4 cm³/mol. The van der Waals surface area contributed by atoms with Gasteiger partial charge in [0.15, 0.2) is 0 Å². The van der Waals surface area contributed by atoms with Crippen LogP contribution in [-0.2, 0) is 4.79 Å². The molecule has 0 radical (unpaired) electrons. The second-order valence-corrected chi connectivity index (χ2v) is 6.56. The number of nitrogens with two attached hydrogens (primary N) is 1. The molecule has 5 heteroatoms. The van der Waals surface area contributed by atoms with Gasteiger partial charge in [0, 0.05) is 11.7 Å². The lowest BCUT2D eigenvalue weighted by molar-refractivity contribution is -0.117. The maximum atomic E-state index is 12.2. The number of hydrogen-bond donors (Lipinski definition) is 2. The van der Waals surface area contributed by atoms with E-state index in [1.165, 1.54) is 32.1 Å². The minimum Gasteiger partial charge on any atom is -0.397 e. The van der Waals surface area contributed by atoms with Crippen molar-refractivity contribution in [1.82, 2.24) is 4.90 Å². The molecule has 2 aliphatic rings. The first-order valence-corrected chi connectivity index (χ1v) is 8.10. The first kappa shape index (κ1) is 14.7. The van der Waals surface area contributed by atoms with E-state index in [1.807, 2.05) is 0 Å². The average molecular weight is 308 g/mol. The largest absolute Gasteiger partial charge is 0.397 e. The van der Waals surface area contributed by atoms with Crippen molar-refractivity contribution in [2.24, 2.45) is 5.92 Å². The molecular weight excluding hydrogens is 286 g/mol.